The van der Waals surface area contributed by atoms with Crippen molar-refractivity contribution in [3.05, 3.63) is 11.8 Å². The van der Waals surface area contributed by atoms with Crippen LogP contribution in [0.15, 0.2) is 4.42 Å². The van der Waals surface area contributed by atoms with Crippen LogP contribution in [0.5, 0.6) is 0 Å². The van der Waals surface area contributed by atoms with Gasteiger partial charge in [0.1, 0.15) is 6.04 Å². The maximum Gasteiger partial charge on any atom is 0.238 e. The molecular weight excluding hydrogens is 320 g/mol. The first-order chi connectivity index (χ1) is 11.9. The van der Waals surface area contributed by atoms with E-state index in [4.69, 9.17) is 4.42 Å². The van der Waals surface area contributed by atoms with Gasteiger partial charge < -0.3 is 19.3 Å². The molecular formula is C18H30N4O3. The van der Waals surface area contributed by atoms with Gasteiger partial charge in [-0.2, -0.15) is 0 Å². The van der Waals surface area contributed by atoms with Crippen LogP contribution in [0, 0.1) is 18.3 Å². The quantitative estimate of drug-likeness (QED) is 0.871. The Balaban J connectivity index is 1.74. The minimum Gasteiger partial charge on any atom is -0.423 e. The van der Waals surface area contributed by atoms with Gasteiger partial charge in [0.2, 0.25) is 17.7 Å². The van der Waals surface area contributed by atoms with Gasteiger partial charge in [0.25, 0.3) is 0 Å². The highest BCUT2D eigenvalue weighted by Gasteiger charge is 2.49. The Bertz CT molecular complexity index is 593. The molecule has 1 aromatic rings. The number of nitrogens with zero attached hydrogens (tertiary/aromatic N) is 4. The van der Waals surface area contributed by atoms with E-state index in [2.05, 4.69) is 28.9 Å². The minimum atomic E-state index is -0.156. The number of likely N-dealkylation sites (tertiary alicyclic amines) is 2. The van der Waals surface area contributed by atoms with Crippen LogP contribution in [0.2, 0.25) is 0 Å². The third kappa shape index (κ3) is 4.03. The molecule has 0 aliphatic carbocycles. The van der Waals surface area contributed by atoms with E-state index >= 15 is 0 Å². The molecule has 25 heavy (non-hydrogen) atoms. The molecule has 2 aliphatic rings. The smallest absolute Gasteiger partial charge is 0.238 e. The fraction of sp³-hybridized carbons (Fsp3) is 0.833. The number of aliphatic hydroxyl groups excluding tert-OH is 1. The lowest BCUT2D eigenvalue weighted by atomic mass is 9.76. The van der Waals surface area contributed by atoms with Gasteiger partial charge in [0.15, 0.2) is 0 Å². The number of carbonyl (C=O) groups is 1. The van der Waals surface area contributed by atoms with Crippen LogP contribution in [-0.2, 0) is 4.79 Å². The first-order valence-electron chi connectivity index (χ1n) is 9.35. The molecule has 2 saturated heterocycles. The standard InChI is InChI=1S/C18H30N4O3/c1-13(2)11-21-7-5-18(6-8-21)10-15(17-20-19-14(3)25-17)22(12-18)16(24)4-9-23/h13,15,23H,4-12H2,1-3H3. The first-order valence-corrected chi connectivity index (χ1v) is 9.35. The SMILES string of the molecule is Cc1nnc(C2CC3(CCN(CC(C)C)CC3)CN2C(=O)CCO)o1. The highest BCUT2D eigenvalue weighted by molar-refractivity contribution is 5.77. The van der Waals surface area contributed by atoms with E-state index in [1.54, 1.807) is 6.92 Å². The molecule has 0 saturated carbocycles. The summed E-state index contributed by atoms with van der Waals surface area (Å²) in [5.41, 5.74) is 0.131. The van der Waals surface area contributed by atoms with Crippen LogP contribution in [0.3, 0.4) is 0 Å². The van der Waals surface area contributed by atoms with Crippen molar-refractivity contribution in [2.75, 3.05) is 32.8 Å². The summed E-state index contributed by atoms with van der Waals surface area (Å²) in [5, 5.41) is 17.3. The summed E-state index contributed by atoms with van der Waals surface area (Å²) in [7, 11) is 0. The minimum absolute atomic E-state index is 0.0233. The Morgan fingerprint density at radius 3 is 2.64 bits per heavy atom. The predicted molar refractivity (Wildman–Crippen MR) is 92.8 cm³/mol. The van der Waals surface area contributed by atoms with E-state index in [0.29, 0.717) is 17.7 Å². The van der Waals surface area contributed by atoms with E-state index in [-0.39, 0.29) is 30.4 Å². The first kappa shape index (κ1) is 18.3. The molecule has 0 aromatic carbocycles. The van der Waals surface area contributed by atoms with Gasteiger partial charge in [-0.25, -0.2) is 0 Å². The van der Waals surface area contributed by atoms with Crippen LogP contribution >= 0.6 is 0 Å². The Morgan fingerprint density at radius 1 is 1.36 bits per heavy atom. The number of piperidine rings is 1. The number of carbonyl (C=O) groups excluding carboxylic acids is 1. The third-order valence-electron chi connectivity index (χ3n) is 5.52. The van der Waals surface area contributed by atoms with Gasteiger partial charge in [-0.1, -0.05) is 13.8 Å². The predicted octanol–water partition coefficient (Wildman–Crippen LogP) is 1.77. The number of aromatic nitrogens is 2. The molecule has 1 atom stereocenters. The highest BCUT2D eigenvalue weighted by Crippen LogP contribution is 2.49. The number of amides is 1. The molecule has 140 valence electrons. The Kier molecular flexibility index (Phi) is 5.43. The van der Waals surface area contributed by atoms with Crippen molar-refractivity contribution in [2.24, 2.45) is 11.3 Å². The number of hydrogen-bond acceptors (Lipinski definition) is 6. The molecule has 0 radical (unpaired) electrons. The fourth-order valence-corrected chi connectivity index (χ4v) is 4.31. The topological polar surface area (TPSA) is 82.7 Å². The second-order valence-corrected chi connectivity index (χ2v) is 8.07. The largest absolute Gasteiger partial charge is 0.423 e. The molecule has 1 unspecified atom stereocenters. The normalized spacial score (nSPS) is 23.7. The van der Waals surface area contributed by atoms with Gasteiger partial charge in [-0.3, -0.25) is 4.79 Å². The lowest BCUT2D eigenvalue weighted by Crippen LogP contribution is -2.43. The summed E-state index contributed by atoms with van der Waals surface area (Å²) in [6, 6.07) is -0.156. The highest BCUT2D eigenvalue weighted by atomic mass is 16.4. The Labute approximate surface area is 149 Å². The van der Waals surface area contributed by atoms with Crippen LogP contribution < -0.4 is 0 Å². The molecule has 1 spiro atoms. The second kappa shape index (κ2) is 7.41. The maximum absolute atomic E-state index is 12.5. The molecule has 1 N–H and O–H groups in total. The zero-order chi connectivity index (χ0) is 18.0. The molecule has 7 heteroatoms. The van der Waals surface area contributed by atoms with Crippen LogP contribution in [0.25, 0.3) is 0 Å². The molecule has 7 nitrogen and oxygen atoms in total. The molecule has 3 heterocycles. The van der Waals surface area contributed by atoms with Gasteiger partial charge in [-0.15, -0.1) is 10.2 Å². The summed E-state index contributed by atoms with van der Waals surface area (Å²) in [4.78, 5) is 16.9. The molecule has 1 amide bonds. The van der Waals surface area contributed by atoms with E-state index < -0.39 is 0 Å². The molecule has 0 bridgehead atoms. The molecule has 2 fully saturated rings. The van der Waals surface area contributed by atoms with Gasteiger partial charge in [0, 0.05) is 26.4 Å². The van der Waals surface area contributed by atoms with Crippen LogP contribution in [0.4, 0.5) is 0 Å². The summed E-state index contributed by atoms with van der Waals surface area (Å²) in [6.07, 6.45) is 3.21. The molecule has 3 rings (SSSR count). The molecule has 1 aromatic heterocycles. The van der Waals surface area contributed by atoms with Crippen LogP contribution in [0.1, 0.15) is 57.4 Å². The monoisotopic (exact) mass is 350 g/mol. The number of aryl methyl sites for hydroxylation is 1. The van der Waals surface area contributed by atoms with E-state index in [1.807, 2.05) is 4.90 Å². The fourth-order valence-electron chi connectivity index (χ4n) is 4.31. The second-order valence-electron chi connectivity index (χ2n) is 8.07. The lowest BCUT2D eigenvalue weighted by molar-refractivity contribution is -0.133. The average Bonchev–Trinajstić information content (AvgIpc) is 3.14. The number of hydrogen-bond donors (Lipinski definition) is 1. The Hall–Kier alpha value is -1.47. The lowest BCUT2D eigenvalue weighted by Gasteiger charge is -2.39. The third-order valence-corrected chi connectivity index (χ3v) is 5.52. The van der Waals surface area contributed by atoms with Crippen molar-refractivity contribution >= 4 is 5.91 Å². The van der Waals surface area contributed by atoms with Crippen molar-refractivity contribution in [3.63, 3.8) is 0 Å². The number of rotatable bonds is 5. The average molecular weight is 350 g/mol. The zero-order valence-corrected chi connectivity index (χ0v) is 15.6. The summed E-state index contributed by atoms with van der Waals surface area (Å²) >= 11 is 0. The van der Waals surface area contributed by atoms with Gasteiger partial charge >= 0.3 is 0 Å². The Morgan fingerprint density at radius 2 is 2.08 bits per heavy atom. The van der Waals surface area contributed by atoms with Gasteiger partial charge in [0.05, 0.1) is 6.61 Å². The van der Waals surface area contributed by atoms with E-state index in [9.17, 15) is 9.90 Å². The van der Waals surface area contributed by atoms with Crippen LogP contribution in [-0.4, -0.2) is 63.8 Å². The van der Waals surface area contributed by atoms with Crippen molar-refractivity contribution in [1.82, 2.24) is 20.0 Å². The number of aliphatic hydroxyl groups is 1. The summed E-state index contributed by atoms with van der Waals surface area (Å²) in [5.74, 6) is 1.71. The summed E-state index contributed by atoms with van der Waals surface area (Å²) < 4.78 is 5.64. The van der Waals surface area contributed by atoms with Crippen molar-refractivity contribution in [3.8, 4) is 0 Å². The van der Waals surface area contributed by atoms with Crippen molar-refractivity contribution < 1.29 is 14.3 Å². The van der Waals surface area contributed by atoms with Crippen molar-refractivity contribution in [2.45, 2.75) is 52.5 Å². The maximum atomic E-state index is 12.5. The summed E-state index contributed by atoms with van der Waals surface area (Å²) in [6.45, 7) is 10.2. The van der Waals surface area contributed by atoms with E-state index in [0.717, 1.165) is 45.4 Å². The zero-order valence-electron chi connectivity index (χ0n) is 15.6. The van der Waals surface area contributed by atoms with Gasteiger partial charge in [-0.05, 0) is 43.7 Å². The van der Waals surface area contributed by atoms with E-state index in [1.165, 1.54) is 0 Å². The molecule has 2 aliphatic heterocycles. The van der Waals surface area contributed by atoms with Crippen molar-refractivity contribution in [1.29, 1.82) is 0 Å².